The normalized spacial score (nSPS) is 19.0. The lowest BCUT2D eigenvalue weighted by atomic mass is 9.96. The largest absolute Gasteiger partial charge is 0.398 e. The van der Waals surface area contributed by atoms with E-state index in [0.717, 1.165) is 38.0 Å². The van der Waals surface area contributed by atoms with Gasteiger partial charge in [0.2, 0.25) is 5.91 Å². The molecular formula is C15H18N2O. The molecule has 94 valence electrons. The van der Waals surface area contributed by atoms with E-state index in [0.29, 0.717) is 5.91 Å². The van der Waals surface area contributed by atoms with Gasteiger partial charge in [0.25, 0.3) is 0 Å². The summed E-state index contributed by atoms with van der Waals surface area (Å²) in [5.74, 6) is 0.473. The zero-order chi connectivity index (χ0) is 12.5. The van der Waals surface area contributed by atoms with Crippen LogP contribution in [0.1, 0.15) is 24.0 Å². The van der Waals surface area contributed by atoms with Gasteiger partial charge in [-0.05, 0) is 36.5 Å². The van der Waals surface area contributed by atoms with Crippen molar-refractivity contribution in [3.8, 4) is 0 Å². The van der Waals surface area contributed by atoms with Gasteiger partial charge in [0.15, 0.2) is 0 Å². The Balaban J connectivity index is 1.76. The lowest BCUT2D eigenvalue weighted by Gasteiger charge is -2.31. The van der Waals surface area contributed by atoms with E-state index >= 15 is 0 Å². The molecule has 0 aromatic heterocycles. The number of hydrogen-bond acceptors (Lipinski definition) is 2. The van der Waals surface area contributed by atoms with Crippen molar-refractivity contribution in [1.29, 1.82) is 0 Å². The van der Waals surface area contributed by atoms with Crippen molar-refractivity contribution in [2.24, 2.45) is 5.92 Å². The number of nitrogen functional groups attached to an aromatic ring is 1. The van der Waals surface area contributed by atoms with E-state index in [-0.39, 0.29) is 5.92 Å². The van der Waals surface area contributed by atoms with Gasteiger partial charge in [0.1, 0.15) is 0 Å². The van der Waals surface area contributed by atoms with E-state index in [1.165, 1.54) is 11.1 Å². The molecule has 0 saturated heterocycles. The maximum Gasteiger partial charge on any atom is 0.226 e. The van der Waals surface area contributed by atoms with Crippen LogP contribution in [0.2, 0.25) is 0 Å². The third kappa shape index (κ3) is 1.90. The van der Waals surface area contributed by atoms with Crippen LogP contribution in [-0.2, 0) is 17.8 Å². The topological polar surface area (TPSA) is 46.3 Å². The number of fused-ring (bicyclic) bond motifs is 1. The maximum absolute atomic E-state index is 12.3. The summed E-state index contributed by atoms with van der Waals surface area (Å²) in [5, 5.41) is 0. The highest BCUT2D eigenvalue weighted by atomic mass is 16.2. The Kier molecular flexibility index (Phi) is 2.82. The monoisotopic (exact) mass is 242 g/mol. The van der Waals surface area contributed by atoms with Crippen molar-refractivity contribution in [1.82, 2.24) is 4.90 Å². The molecule has 1 aliphatic heterocycles. The molecule has 0 saturated carbocycles. The summed E-state index contributed by atoms with van der Waals surface area (Å²) >= 11 is 0. The zero-order valence-corrected chi connectivity index (χ0v) is 10.4. The van der Waals surface area contributed by atoms with Gasteiger partial charge in [-0.1, -0.05) is 24.3 Å². The molecular weight excluding hydrogens is 224 g/mol. The second-order valence-corrected chi connectivity index (χ2v) is 5.13. The first-order valence-corrected chi connectivity index (χ1v) is 6.55. The van der Waals surface area contributed by atoms with Crippen LogP contribution < -0.4 is 5.73 Å². The molecule has 1 aromatic rings. The summed E-state index contributed by atoms with van der Waals surface area (Å²) in [6, 6.07) is 5.99. The van der Waals surface area contributed by atoms with Gasteiger partial charge >= 0.3 is 0 Å². The number of allylic oxidation sites excluding steroid dienone is 2. The van der Waals surface area contributed by atoms with Gasteiger partial charge < -0.3 is 10.6 Å². The minimum atomic E-state index is 0.174. The molecule has 0 unspecified atom stereocenters. The van der Waals surface area contributed by atoms with Crippen molar-refractivity contribution in [3.63, 3.8) is 0 Å². The fraction of sp³-hybridized carbons (Fsp3) is 0.400. The predicted octanol–water partition coefficient (Wildman–Crippen LogP) is 2.12. The van der Waals surface area contributed by atoms with Gasteiger partial charge in [-0.3, -0.25) is 4.79 Å². The first-order valence-electron chi connectivity index (χ1n) is 6.55. The van der Waals surface area contributed by atoms with E-state index in [1.54, 1.807) is 0 Å². The number of anilines is 1. The Hall–Kier alpha value is -1.77. The maximum atomic E-state index is 12.3. The number of benzene rings is 1. The Bertz CT molecular complexity index is 499. The predicted molar refractivity (Wildman–Crippen MR) is 71.8 cm³/mol. The number of rotatable bonds is 1. The molecule has 3 heteroatoms. The molecule has 0 atom stereocenters. The van der Waals surface area contributed by atoms with Crippen LogP contribution in [-0.4, -0.2) is 17.4 Å². The van der Waals surface area contributed by atoms with E-state index in [4.69, 9.17) is 5.73 Å². The Morgan fingerprint density at radius 2 is 2.06 bits per heavy atom. The number of amides is 1. The summed E-state index contributed by atoms with van der Waals surface area (Å²) in [5.41, 5.74) is 9.27. The van der Waals surface area contributed by atoms with Crippen LogP contribution in [0.25, 0.3) is 0 Å². The quantitative estimate of drug-likeness (QED) is 0.605. The van der Waals surface area contributed by atoms with Gasteiger partial charge in [-0.2, -0.15) is 0 Å². The standard InChI is InChI=1S/C15H18N2O/c16-14-7-3-6-12-10-17(9-8-13(12)14)15(18)11-4-1-2-5-11/h1-3,6-7,11H,4-5,8-10,16H2. The molecule has 18 heavy (non-hydrogen) atoms. The minimum absolute atomic E-state index is 0.174. The van der Waals surface area contributed by atoms with Crippen molar-refractivity contribution < 1.29 is 4.79 Å². The summed E-state index contributed by atoms with van der Waals surface area (Å²) in [6.07, 6.45) is 6.91. The fourth-order valence-corrected chi connectivity index (χ4v) is 2.90. The Morgan fingerprint density at radius 1 is 1.28 bits per heavy atom. The summed E-state index contributed by atoms with van der Waals surface area (Å²) in [6.45, 7) is 1.52. The second kappa shape index (κ2) is 4.48. The first kappa shape index (κ1) is 11.3. The highest BCUT2D eigenvalue weighted by Crippen LogP contribution is 2.27. The highest BCUT2D eigenvalue weighted by Gasteiger charge is 2.27. The van der Waals surface area contributed by atoms with Crippen LogP contribution in [0.15, 0.2) is 30.4 Å². The zero-order valence-electron chi connectivity index (χ0n) is 10.4. The summed E-state index contributed by atoms with van der Waals surface area (Å²) in [4.78, 5) is 14.3. The van der Waals surface area contributed by atoms with Crippen LogP contribution >= 0.6 is 0 Å². The molecule has 0 bridgehead atoms. The fourth-order valence-electron chi connectivity index (χ4n) is 2.90. The molecule has 1 aliphatic carbocycles. The van der Waals surface area contributed by atoms with Crippen LogP contribution in [0.4, 0.5) is 5.69 Å². The van der Waals surface area contributed by atoms with Crippen molar-refractivity contribution in [2.75, 3.05) is 12.3 Å². The van der Waals surface area contributed by atoms with Crippen molar-refractivity contribution in [3.05, 3.63) is 41.5 Å². The van der Waals surface area contributed by atoms with Crippen LogP contribution in [0.5, 0.6) is 0 Å². The molecule has 0 spiro atoms. The second-order valence-electron chi connectivity index (χ2n) is 5.13. The third-order valence-electron chi connectivity index (χ3n) is 3.97. The molecule has 3 nitrogen and oxygen atoms in total. The van der Waals surface area contributed by atoms with E-state index in [2.05, 4.69) is 18.2 Å². The molecule has 0 radical (unpaired) electrons. The minimum Gasteiger partial charge on any atom is -0.398 e. The number of nitrogens with two attached hydrogens (primary N) is 1. The summed E-state index contributed by atoms with van der Waals surface area (Å²) in [7, 11) is 0. The highest BCUT2D eigenvalue weighted by molar-refractivity contribution is 5.80. The van der Waals surface area contributed by atoms with E-state index < -0.39 is 0 Å². The lowest BCUT2D eigenvalue weighted by molar-refractivity contribution is -0.136. The number of hydrogen-bond donors (Lipinski definition) is 1. The smallest absolute Gasteiger partial charge is 0.226 e. The third-order valence-corrected chi connectivity index (χ3v) is 3.97. The Labute approximate surface area is 107 Å². The van der Waals surface area contributed by atoms with Crippen molar-refractivity contribution >= 4 is 11.6 Å². The molecule has 3 rings (SSSR count). The molecule has 2 aliphatic rings. The van der Waals surface area contributed by atoms with Crippen molar-refractivity contribution in [2.45, 2.75) is 25.8 Å². The van der Waals surface area contributed by atoms with Gasteiger partial charge in [-0.25, -0.2) is 0 Å². The lowest BCUT2D eigenvalue weighted by Crippen LogP contribution is -2.39. The van der Waals surface area contributed by atoms with Crippen LogP contribution in [0, 0.1) is 5.92 Å². The average Bonchev–Trinajstić information content (AvgIpc) is 2.91. The average molecular weight is 242 g/mol. The van der Waals surface area contributed by atoms with Crippen LogP contribution in [0.3, 0.4) is 0 Å². The summed E-state index contributed by atoms with van der Waals surface area (Å²) < 4.78 is 0. The molecule has 1 amide bonds. The van der Waals surface area contributed by atoms with E-state index in [9.17, 15) is 4.79 Å². The first-order chi connectivity index (χ1) is 8.75. The number of carbonyl (C=O) groups excluding carboxylic acids is 1. The Morgan fingerprint density at radius 3 is 2.83 bits per heavy atom. The van der Waals surface area contributed by atoms with Gasteiger partial charge in [0.05, 0.1) is 0 Å². The SMILES string of the molecule is Nc1cccc2c1CCN(C(=O)C1CC=CC1)C2. The van der Waals surface area contributed by atoms with E-state index in [1.807, 2.05) is 17.0 Å². The van der Waals surface area contributed by atoms with Gasteiger partial charge in [-0.15, -0.1) is 0 Å². The van der Waals surface area contributed by atoms with Gasteiger partial charge in [0, 0.05) is 24.7 Å². The number of nitrogens with zero attached hydrogens (tertiary/aromatic N) is 1. The molecule has 1 heterocycles. The molecule has 2 N–H and O–H groups in total. The molecule has 1 aromatic carbocycles. The molecule has 0 fully saturated rings. The number of carbonyl (C=O) groups is 1.